The molecule has 18 heavy (non-hydrogen) atoms. The van der Waals surface area contributed by atoms with Crippen LogP contribution >= 0.6 is 22.7 Å². The number of benzene rings is 1. The summed E-state index contributed by atoms with van der Waals surface area (Å²) in [5.74, 6) is 0.147. The van der Waals surface area contributed by atoms with Crippen molar-refractivity contribution in [2.45, 2.75) is 13.8 Å². The van der Waals surface area contributed by atoms with Gasteiger partial charge in [-0.05, 0) is 31.5 Å². The molecule has 2 aromatic heterocycles. The average Bonchev–Trinajstić information content (AvgIpc) is 2.93. The topological polar surface area (TPSA) is 17.1 Å². The van der Waals surface area contributed by atoms with E-state index >= 15 is 0 Å². The molecular formula is C15H12OS2. The normalized spacial score (nSPS) is 11.0. The van der Waals surface area contributed by atoms with E-state index in [9.17, 15) is 4.79 Å². The van der Waals surface area contributed by atoms with Gasteiger partial charge in [-0.15, -0.1) is 22.7 Å². The second-order valence-electron chi connectivity index (χ2n) is 4.32. The molecule has 0 aliphatic carbocycles. The molecule has 1 nitrogen and oxygen atoms in total. The first-order chi connectivity index (χ1) is 8.66. The number of aryl methyl sites for hydroxylation is 2. The third-order valence-corrected chi connectivity index (χ3v) is 5.23. The molecule has 3 rings (SSSR count). The zero-order chi connectivity index (χ0) is 12.7. The van der Waals surface area contributed by atoms with E-state index in [1.807, 2.05) is 36.6 Å². The smallest absolute Gasteiger partial charge is 0.204 e. The third kappa shape index (κ3) is 1.80. The maximum absolute atomic E-state index is 12.5. The zero-order valence-corrected chi connectivity index (χ0v) is 11.8. The molecule has 0 amide bonds. The third-order valence-electron chi connectivity index (χ3n) is 3.12. The highest BCUT2D eigenvalue weighted by Crippen LogP contribution is 2.30. The van der Waals surface area contributed by atoms with E-state index in [4.69, 9.17) is 0 Å². The van der Waals surface area contributed by atoms with Crippen LogP contribution in [0.5, 0.6) is 0 Å². The van der Waals surface area contributed by atoms with Crippen molar-refractivity contribution in [3.8, 4) is 0 Å². The molecule has 0 aliphatic rings. The molecule has 1 aromatic carbocycles. The van der Waals surface area contributed by atoms with Crippen molar-refractivity contribution in [2.24, 2.45) is 0 Å². The number of fused-ring (bicyclic) bond motifs is 1. The predicted molar refractivity (Wildman–Crippen MR) is 79.1 cm³/mol. The van der Waals surface area contributed by atoms with Gasteiger partial charge in [0, 0.05) is 25.9 Å². The van der Waals surface area contributed by atoms with Crippen LogP contribution in [-0.4, -0.2) is 5.78 Å². The standard InChI is InChI=1S/C15H12OS2/c1-9-7-14(18-10(9)2)15(16)12-8-17-13-6-4-3-5-11(12)13/h3-8H,1-2H3. The molecule has 0 aliphatic heterocycles. The maximum atomic E-state index is 12.5. The van der Waals surface area contributed by atoms with E-state index in [1.54, 1.807) is 22.7 Å². The quantitative estimate of drug-likeness (QED) is 0.612. The fourth-order valence-corrected chi connectivity index (χ4v) is 3.90. The van der Waals surface area contributed by atoms with Crippen molar-refractivity contribution in [2.75, 3.05) is 0 Å². The fraction of sp³-hybridized carbons (Fsp3) is 0.133. The van der Waals surface area contributed by atoms with Gasteiger partial charge in [-0.2, -0.15) is 0 Å². The summed E-state index contributed by atoms with van der Waals surface area (Å²) in [6.07, 6.45) is 0. The van der Waals surface area contributed by atoms with E-state index in [1.165, 1.54) is 15.1 Å². The first-order valence-electron chi connectivity index (χ1n) is 5.75. The van der Waals surface area contributed by atoms with Crippen molar-refractivity contribution in [1.82, 2.24) is 0 Å². The molecule has 0 saturated carbocycles. The molecule has 3 heteroatoms. The zero-order valence-electron chi connectivity index (χ0n) is 10.2. The van der Waals surface area contributed by atoms with Gasteiger partial charge in [0.15, 0.2) is 0 Å². The van der Waals surface area contributed by atoms with Gasteiger partial charge < -0.3 is 0 Å². The van der Waals surface area contributed by atoms with Crippen molar-refractivity contribution >= 4 is 38.5 Å². The minimum absolute atomic E-state index is 0.147. The number of carbonyl (C=O) groups is 1. The minimum atomic E-state index is 0.147. The highest BCUT2D eigenvalue weighted by Gasteiger charge is 2.16. The Kier molecular flexibility index (Phi) is 2.80. The molecule has 2 heterocycles. The summed E-state index contributed by atoms with van der Waals surface area (Å²) in [5, 5.41) is 3.04. The Balaban J connectivity index is 2.12. The Labute approximate surface area is 114 Å². The first kappa shape index (κ1) is 11.6. The van der Waals surface area contributed by atoms with Gasteiger partial charge in [-0.25, -0.2) is 0 Å². The summed E-state index contributed by atoms with van der Waals surface area (Å²) >= 11 is 3.22. The van der Waals surface area contributed by atoms with Crippen LogP contribution in [-0.2, 0) is 0 Å². The summed E-state index contributed by atoms with van der Waals surface area (Å²) in [7, 11) is 0. The highest BCUT2D eigenvalue weighted by molar-refractivity contribution is 7.18. The Morgan fingerprint density at radius 1 is 1.17 bits per heavy atom. The lowest BCUT2D eigenvalue weighted by molar-refractivity contribution is 0.104. The molecule has 0 atom stereocenters. The molecule has 3 aromatic rings. The van der Waals surface area contributed by atoms with Gasteiger partial charge in [0.2, 0.25) is 5.78 Å². The molecule has 0 spiro atoms. The Bertz CT molecular complexity index is 714. The van der Waals surface area contributed by atoms with Crippen LogP contribution in [0.3, 0.4) is 0 Å². The summed E-state index contributed by atoms with van der Waals surface area (Å²) in [6, 6.07) is 10.1. The monoisotopic (exact) mass is 272 g/mol. The average molecular weight is 272 g/mol. The number of ketones is 1. The van der Waals surface area contributed by atoms with E-state index < -0.39 is 0 Å². The van der Waals surface area contributed by atoms with Crippen LogP contribution in [0.15, 0.2) is 35.7 Å². The minimum Gasteiger partial charge on any atom is -0.288 e. The maximum Gasteiger partial charge on any atom is 0.204 e. The van der Waals surface area contributed by atoms with Crippen molar-refractivity contribution < 1.29 is 4.79 Å². The largest absolute Gasteiger partial charge is 0.288 e. The fourth-order valence-electron chi connectivity index (χ4n) is 1.97. The second kappa shape index (κ2) is 4.34. The lowest BCUT2D eigenvalue weighted by atomic mass is 10.1. The molecule has 0 saturated heterocycles. The van der Waals surface area contributed by atoms with E-state index in [2.05, 4.69) is 13.0 Å². The van der Waals surface area contributed by atoms with Crippen LogP contribution in [0.2, 0.25) is 0 Å². The van der Waals surface area contributed by atoms with E-state index in [0.717, 1.165) is 15.8 Å². The van der Waals surface area contributed by atoms with Crippen LogP contribution in [0, 0.1) is 13.8 Å². The molecular weight excluding hydrogens is 260 g/mol. The number of hydrogen-bond acceptors (Lipinski definition) is 3. The van der Waals surface area contributed by atoms with Crippen LogP contribution < -0.4 is 0 Å². The summed E-state index contributed by atoms with van der Waals surface area (Å²) in [6.45, 7) is 4.11. The number of carbonyl (C=O) groups excluding carboxylic acids is 1. The van der Waals surface area contributed by atoms with Crippen LogP contribution in [0.4, 0.5) is 0 Å². The molecule has 0 unspecified atom stereocenters. The Hall–Kier alpha value is -1.45. The number of rotatable bonds is 2. The van der Waals surface area contributed by atoms with Crippen molar-refractivity contribution in [1.29, 1.82) is 0 Å². The van der Waals surface area contributed by atoms with Crippen LogP contribution in [0.25, 0.3) is 10.1 Å². The van der Waals surface area contributed by atoms with Gasteiger partial charge in [-0.1, -0.05) is 18.2 Å². The van der Waals surface area contributed by atoms with Gasteiger partial charge in [0.05, 0.1) is 4.88 Å². The van der Waals surface area contributed by atoms with E-state index in [-0.39, 0.29) is 5.78 Å². The Morgan fingerprint density at radius 3 is 2.67 bits per heavy atom. The highest BCUT2D eigenvalue weighted by atomic mass is 32.1. The lowest BCUT2D eigenvalue weighted by Crippen LogP contribution is -1.96. The van der Waals surface area contributed by atoms with Crippen LogP contribution in [0.1, 0.15) is 25.7 Å². The summed E-state index contributed by atoms with van der Waals surface area (Å²) in [4.78, 5) is 14.6. The first-order valence-corrected chi connectivity index (χ1v) is 7.44. The number of thiophene rings is 2. The van der Waals surface area contributed by atoms with E-state index in [0.29, 0.717) is 0 Å². The molecule has 0 radical (unpaired) electrons. The van der Waals surface area contributed by atoms with Crippen molar-refractivity contribution in [3.05, 3.63) is 56.6 Å². The lowest BCUT2D eigenvalue weighted by Gasteiger charge is -1.95. The second-order valence-corrected chi connectivity index (χ2v) is 6.49. The molecule has 0 fully saturated rings. The summed E-state index contributed by atoms with van der Waals surface area (Å²) in [5.41, 5.74) is 2.03. The summed E-state index contributed by atoms with van der Waals surface area (Å²) < 4.78 is 1.17. The van der Waals surface area contributed by atoms with Crippen molar-refractivity contribution in [3.63, 3.8) is 0 Å². The SMILES string of the molecule is Cc1cc(C(=O)c2csc3ccccc23)sc1C. The molecule has 90 valence electrons. The number of hydrogen-bond donors (Lipinski definition) is 0. The Morgan fingerprint density at radius 2 is 1.94 bits per heavy atom. The van der Waals surface area contributed by atoms with Gasteiger partial charge >= 0.3 is 0 Å². The predicted octanol–water partition coefficient (Wildman–Crippen LogP) is 4.81. The molecule has 0 N–H and O–H groups in total. The van der Waals surface area contributed by atoms with Gasteiger partial charge in [0.1, 0.15) is 0 Å². The van der Waals surface area contributed by atoms with Gasteiger partial charge in [0.25, 0.3) is 0 Å². The molecule has 0 bridgehead atoms. The van der Waals surface area contributed by atoms with Gasteiger partial charge in [-0.3, -0.25) is 4.79 Å².